The molecule has 0 aliphatic carbocycles. The predicted octanol–water partition coefficient (Wildman–Crippen LogP) is 0.902. The number of nitrogens with one attached hydrogen (secondary N) is 1. The Morgan fingerprint density at radius 1 is 1.50 bits per heavy atom. The first-order valence-electron chi connectivity index (χ1n) is 4.09. The molecule has 0 bridgehead atoms. The summed E-state index contributed by atoms with van der Waals surface area (Å²) in [5.74, 6) is 0. The van der Waals surface area contributed by atoms with Crippen LogP contribution in [0.1, 0.15) is 12.8 Å². The van der Waals surface area contributed by atoms with E-state index in [9.17, 15) is 0 Å². The lowest BCUT2D eigenvalue weighted by Gasteiger charge is -2.19. The van der Waals surface area contributed by atoms with E-state index in [1.807, 2.05) is 0 Å². The summed E-state index contributed by atoms with van der Waals surface area (Å²) in [6, 6.07) is 1.44. The standard InChI is InChI=1S/C7H18N2Si/c1-10(2)5-3-4-7(8)9-6-10/h7,9H,3-6,8H2,1-2H3. The Hall–Kier alpha value is 0.137. The number of hydrogen-bond donors (Lipinski definition) is 2. The summed E-state index contributed by atoms with van der Waals surface area (Å²) in [6.45, 7) is 4.86. The first-order valence-corrected chi connectivity index (χ1v) is 7.51. The molecule has 2 nitrogen and oxygen atoms in total. The van der Waals surface area contributed by atoms with Gasteiger partial charge < -0.3 is 11.1 Å². The first kappa shape index (κ1) is 8.24. The molecule has 1 atom stereocenters. The molecule has 1 saturated heterocycles. The van der Waals surface area contributed by atoms with Crippen LogP contribution in [0.2, 0.25) is 19.1 Å². The average Bonchev–Trinajstić information content (AvgIpc) is 1.94. The molecule has 0 saturated carbocycles. The first-order chi connectivity index (χ1) is 4.60. The van der Waals surface area contributed by atoms with Crippen molar-refractivity contribution in [3.8, 4) is 0 Å². The molecule has 1 unspecified atom stereocenters. The van der Waals surface area contributed by atoms with Crippen molar-refractivity contribution in [3.63, 3.8) is 0 Å². The van der Waals surface area contributed by atoms with E-state index in [4.69, 9.17) is 5.73 Å². The maximum atomic E-state index is 5.77. The van der Waals surface area contributed by atoms with Crippen LogP contribution in [0.15, 0.2) is 0 Å². The highest BCUT2D eigenvalue weighted by Gasteiger charge is 2.23. The van der Waals surface area contributed by atoms with Crippen molar-refractivity contribution < 1.29 is 0 Å². The Balaban J connectivity index is 2.41. The molecule has 0 radical (unpaired) electrons. The van der Waals surface area contributed by atoms with Gasteiger partial charge in [0.25, 0.3) is 0 Å². The highest BCUT2D eigenvalue weighted by molar-refractivity contribution is 6.77. The molecular weight excluding hydrogens is 140 g/mol. The Bertz CT molecular complexity index is 114. The van der Waals surface area contributed by atoms with Crippen LogP contribution >= 0.6 is 0 Å². The number of hydrogen-bond acceptors (Lipinski definition) is 2. The van der Waals surface area contributed by atoms with E-state index in [0.717, 1.165) is 6.42 Å². The van der Waals surface area contributed by atoms with E-state index in [-0.39, 0.29) is 6.17 Å². The molecule has 3 N–H and O–H groups in total. The van der Waals surface area contributed by atoms with Gasteiger partial charge in [-0.15, -0.1) is 0 Å². The largest absolute Gasteiger partial charge is 0.316 e. The quantitative estimate of drug-likeness (QED) is 0.514. The Morgan fingerprint density at radius 2 is 2.20 bits per heavy atom. The van der Waals surface area contributed by atoms with E-state index in [2.05, 4.69) is 18.4 Å². The summed E-state index contributed by atoms with van der Waals surface area (Å²) in [6.07, 6.45) is 3.96. The van der Waals surface area contributed by atoms with Crippen LogP contribution in [0.5, 0.6) is 0 Å². The zero-order valence-corrected chi connectivity index (χ0v) is 7.98. The molecule has 60 valence electrons. The van der Waals surface area contributed by atoms with Gasteiger partial charge in [0.1, 0.15) is 0 Å². The molecule has 1 heterocycles. The third-order valence-corrected chi connectivity index (χ3v) is 5.08. The van der Waals surface area contributed by atoms with Crippen LogP contribution in [-0.2, 0) is 0 Å². The molecule has 10 heavy (non-hydrogen) atoms. The van der Waals surface area contributed by atoms with Gasteiger partial charge in [-0.1, -0.05) is 25.6 Å². The Morgan fingerprint density at radius 3 is 2.90 bits per heavy atom. The van der Waals surface area contributed by atoms with Gasteiger partial charge in [-0.05, 0) is 12.6 Å². The third kappa shape index (κ3) is 2.40. The number of rotatable bonds is 0. The van der Waals surface area contributed by atoms with Gasteiger partial charge in [-0.2, -0.15) is 0 Å². The smallest absolute Gasteiger partial charge is 0.0627 e. The van der Waals surface area contributed by atoms with Crippen molar-refractivity contribution in [2.45, 2.75) is 38.1 Å². The van der Waals surface area contributed by atoms with Crippen LogP contribution in [0.25, 0.3) is 0 Å². The zero-order chi connectivity index (χ0) is 7.61. The molecule has 0 amide bonds. The van der Waals surface area contributed by atoms with Crippen LogP contribution < -0.4 is 11.1 Å². The molecular formula is C7H18N2Si. The highest BCUT2D eigenvalue weighted by Crippen LogP contribution is 2.16. The third-order valence-electron chi connectivity index (χ3n) is 2.21. The molecule has 0 aromatic carbocycles. The van der Waals surface area contributed by atoms with Crippen molar-refractivity contribution in [1.29, 1.82) is 0 Å². The lowest BCUT2D eigenvalue weighted by molar-refractivity contribution is 0.536. The lowest BCUT2D eigenvalue weighted by atomic mass is 10.3. The zero-order valence-electron chi connectivity index (χ0n) is 6.98. The predicted molar refractivity (Wildman–Crippen MR) is 47.5 cm³/mol. The van der Waals surface area contributed by atoms with Crippen molar-refractivity contribution in [2.24, 2.45) is 5.73 Å². The minimum atomic E-state index is -0.874. The van der Waals surface area contributed by atoms with Crippen LogP contribution in [0.3, 0.4) is 0 Å². The fourth-order valence-corrected chi connectivity index (χ4v) is 3.55. The second-order valence-corrected chi connectivity index (χ2v) is 9.23. The summed E-state index contributed by atoms with van der Waals surface area (Å²) in [7, 11) is -0.874. The average molecular weight is 158 g/mol. The van der Waals surface area contributed by atoms with E-state index >= 15 is 0 Å². The molecule has 1 fully saturated rings. The second-order valence-electron chi connectivity index (χ2n) is 4.04. The second kappa shape index (κ2) is 3.03. The van der Waals surface area contributed by atoms with Crippen molar-refractivity contribution in [3.05, 3.63) is 0 Å². The number of nitrogens with two attached hydrogens (primary N) is 1. The van der Waals surface area contributed by atoms with Crippen LogP contribution in [-0.4, -0.2) is 20.4 Å². The fraction of sp³-hybridized carbons (Fsp3) is 1.00. The fourth-order valence-electron chi connectivity index (χ4n) is 1.40. The molecule has 0 aromatic heterocycles. The van der Waals surface area contributed by atoms with Crippen molar-refractivity contribution in [2.75, 3.05) is 6.17 Å². The van der Waals surface area contributed by atoms with Gasteiger partial charge in [0, 0.05) is 0 Å². The van der Waals surface area contributed by atoms with Crippen molar-refractivity contribution in [1.82, 2.24) is 5.32 Å². The van der Waals surface area contributed by atoms with Gasteiger partial charge in [0.15, 0.2) is 0 Å². The van der Waals surface area contributed by atoms with Crippen LogP contribution in [0, 0.1) is 0 Å². The van der Waals surface area contributed by atoms with Crippen LogP contribution in [0.4, 0.5) is 0 Å². The van der Waals surface area contributed by atoms with Gasteiger partial charge in [0.05, 0.1) is 14.2 Å². The van der Waals surface area contributed by atoms with Gasteiger partial charge >= 0.3 is 0 Å². The SMILES string of the molecule is C[Si]1(C)CCCC(N)NC1. The summed E-state index contributed by atoms with van der Waals surface area (Å²) in [4.78, 5) is 0. The molecule has 0 aromatic rings. The van der Waals surface area contributed by atoms with E-state index in [0.29, 0.717) is 0 Å². The van der Waals surface area contributed by atoms with E-state index < -0.39 is 8.07 Å². The Kier molecular flexibility index (Phi) is 2.49. The highest BCUT2D eigenvalue weighted by atomic mass is 28.3. The van der Waals surface area contributed by atoms with Gasteiger partial charge in [0.2, 0.25) is 0 Å². The molecule has 3 heteroatoms. The summed E-state index contributed by atoms with van der Waals surface area (Å²) < 4.78 is 0. The molecule has 0 spiro atoms. The maximum Gasteiger partial charge on any atom is 0.0627 e. The minimum absolute atomic E-state index is 0.272. The van der Waals surface area contributed by atoms with Gasteiger partial charge in [-0.3, -0.25) is 0 Å². The van der Waals surface area contributed by atoms with E-state index in [1.165, 1.54) is 18.6 Å². The maximum absolute atomic E-state index is 5.77. The monoisotopic (exact) mass is 158 g/mol. The lowest BCUT2D eigenvalue weighted by Crippen LogP contribution is -2.44. The summed E-state index contributed by atoms with van der Waals surface area (Å²) >= 11 is 0. The van der Waals surface area contributed by atoms with Gasteiger partial charge in [-0.25, -0.2) is 0 Å². The topological polar surface area (TPSA) is 38.0 Å². The molecule has 1 rings (SSSR count). The minimum Gasteiger partial charge on any atom is -0.316 e. The van der Waals surface area contributed by atoms with E-state index in [1.54, 1.807) is 0 Å². The molecule has 1 aliphatic heterocycles. The normalized spacial score (nSPS) is 33.3. The Labute approximate surface area is 64.2 Å². The van der Waals surface area contributed by atoms with Crippen molar-refractivity contribution >= 4 is 8.07 Å². The molecule has 1 aliphatic rings. The summed E-state index contributed by atoms with van der Waals surface area (Å²) in [5, 5.41) is 3.37. The summed E-state index contributed by atoms with van der Waals surface area (Å²) in [5.41, 5.74) is 5.77.